The van der Waals surface area contributed by atoms with E-state index in [1.807, 2.05) is 19.1 Å². The number of hydrogen-bond donors (Lipinski definition) is 3. The number of carbonyl (C=O) groups excluding carboxylic acids is 3. The Morgan fingerprint density at radius 3 is 2.44 bits per heavy atom. The van der Waals surface area contributed by atoms with Crippen LogP contribution in [0.4, 0.5) is 23.8 Å². The summed E-state index contributed by atoms with van der Waals surface area (Å²) in [4.78, 5) is 63.9. The van der Waals surface area contributed by atoms with Crippen molar-refractivity contribution in [1.82, 2.24) is 24.8 Å². The second kappa shape index (κ2) is 16.0. The van der Waals surface area contributed by atoms with E-state index in [1.54, 1.807) is 43.3 Å². The van der Waals surface area contributed by atoms with Crippen molar-refractivity contribution in [2.45, 2.75) is 113 Å². The number of carbonyl (C=O) groups is 4. The summed E-state index contributed by atoms with van der Waals surface area (Å²) < 4.78 is 82.5. The number of amides is 4. The number of benzene rings is 1. The number of rotatable bonds is 9. The zero-order chi connectivity index (χ0) is 43.4. The first-order valence-electron chi connectivity index (χ1n) is 19.8. The van der Waals surface area contributed by atoms with E-state index in [9.17, 15) is 45.9 Å². The molecule has 2 aliphatic carbocycles. The van der Waals surface area contributed by atoms with Crippen molar-refractivity contribution in [2.24, 2.45) is 17.8 Å². The van der Waals surface area contributed by atoms with E-state index >= 15 is 0 Å². The minimum Gasteiger partial charge on any atom is -0.497 e. The first kappa shape index (κ1) is 43.8. The average molecular weight is 851 g/mol. The second-order valence-corrected chi connectivity index (χ2v) is 19.3. The standard InChI is InChI=1S/C40H53F3N6O9S/c1-22-10-8-9-11-26-20-39(26,36(52)46-59(55,56)38(4)14-15-38)45-33(50)30-19-28(58-34-29-13-12-27(57-7)17-25(29)18-31(44-34)47(5)6)21-48(30)35(51)32(23(2)16-22)49(37(53)54)24(3)40(41,42)43/h9,11-13,17-18,22-24,26,28,30,32H,8,10,14-16,19-21H2,1-7H3,(H,45,50)(H,46,52)(H,53,54)/b11-9-/t22-,23+,24+,26+,28+,30-,32-,39+/m0/s1. The molecule has 2 aliphatic heterocycles. The molecule has 19 heteroatoms. The lowest BCUT2D eigenvalue weighted by Crippen LogP contribution is -2.62. The van der Waals surface area contributed by atoms with Crippen LogP contribution in [0, 0.1) is 17.8 Å². The highest BCUT2D eigenvalue weighted by Gasteiger charge is 2.63. The van der Waals surface area contributed by atoms with Crippen molar-refractivity contribution in [2.75, 3.05) is 32.6 Å². The number of nitrogens with one attached hydrogen (secondary N) is 2. The number of hydrogen-bond acceptors (Lipinski definition) is 10. The van der Waals surface area contributed by atoms with Gasteiger partial charge in [0, 0.05) is 31.8 Å². The minimum absolute atomic E-state index is 0.0513. The zero-order valence-electron chi connectivity index (χ0n) is 34.2. The molecule has 1 saturated heterocycles. The largest absolute Gasteiger partial charge is 0.497 e. The lowest BCUT2D eigenvalue weighted by atomic mass is 9.86. The van der Waals surface area contributed by atoms with Gasteiger partial charge in [0.05, 0.1) is 18.4 Å². The summed E-state index contributed by atoms with van der Waals surface area (Å²) in [7, 11) is 0.941. The normalized spacial score (nSPS) is 29.4. The molecule has 6 rings (SSSR count). The van der Waals surface area contributed by atoms with Gasteiger partial charge in [-0.1, -0.05) is 26.0 Å². The van der Waals surface area contributed by atoms with E-state index in [4.69, 9.17) is 9.47 Å². The molecule has 2 saturated carbocycles. The fraction of sp³-hybridized carbons (Fsp3) is 0.625. The van der Waals surface area contributed by atoms with Gasteiger partial charge in [0.15, 0.2) is 0 Å². The van der Waals surface area contributed by atoms with Crippen LogP contribution in [-0.2, 0) is 24.4 Å². The van der Waals surface area contributed by atoms with Crippen LogP contribution in [0.5, 0.6) is 11.6 Å². The second-order valence-electron chi connectivity index (χ2n) is 17.1. The fourth-order valence-electron chi connectivity index (χ4n) is 8.25. The molecule has 1 aromatic heterocycles. The van der Waals surface area contributed by atoms with Crippen molar-refractivity contribution < 1.29 is 55.3 Å². The van der Waals surface area contributed by atoms with Crippen LogP contribution in [0.25, 0.3) is 10.8 Å². The van der Waals surface area contributed by atoms with Crippen LogP contribution in [0.3, 0.4) is 0 Å². The van der Waals surface area contributed by atoms with Gasteiger partial charge in [-0.15, -0.1) is 0 Å². The molecule has 3 heterocycles. The predicted molar refractivity (Wildman–Crippen MR) is 211 cm³/mol. The number of aromatic nitrogens is 1. The van der Waals surface area contributed by atoms with Gasteiger partial charge >= 0.3 is 12.3 Å². The Bertz CT molecular complexity index is 2130. The van der Waals surface area contributed by atoms with E-state index in [0.717, 1.165) is 4.90 Å². The monoisotopic (exact) mass is 850 g/mol. The van der Waals surface area contributed by atoms with Crippen molar-refractivity contribution in [3.05, 3.63) is 36.4 Å². The van der Waals surface area contributed by atoms with E-state index in [1.165, 1.54) is 21.0 Å². The molecule has 4 aliphatic rings. The lowest BCUT2D eigenvalue weighted by Gasteiger charge is -2.40. The van der Waals surface area contributed by atoms with Crippen LogP contribution in [0.2, 0.25) is 0 Å². The van der Waals surface area contributed by atoms with E-state index in [2.05, 4.69) is 15.0 Å². The molecule has 59 heavy (non-hydrogen) atoms. The molecule has 3 fully saturated rings. The molecule has 1 aromatic carbocycles. The average Bonchev–Trinajstić information content (AvgIpc) is 4.03. The highest BCUT2D eigenvalue weighted by molar-refractivity contribution is 7.91. The van der Waals surface area contributed by atoms with E-state index in [0.29, 0.717) is 54.9 Å². The Balaban J connectivity index is 1.43. The minimum atomic E-state index is -5.04. The van der Waals surface area contributed by atoms with Crippen molar-refractivity contribution in [3.63, 3.8) is 0 Å². The van der Waals surface area contributed by atoms with Gasteiger partial charge in [0.1, 0.15) is 41.3 Å². The number of anilines is 1. The molecular formula is C40H53F3N6O9S. The van der Waals surface area contributed by atoms with Crippen molar-refractivity contribution in [1.29, 1.82) is 0 Å². The molecule has 15 nitrogen and oxygen atoms in total. The first-order chi connectivity index (χ1) is 27.5. The number of allylic oxidation sites excluding steroid dienone is 1. The number of methoxy groups -OCH3 is 1. The molecular weight excluding hydrogens is 798 g/mol. The van der Waals surface area contributed by atoms with Gasteiger partial charge in [-0.05, 0) is 93.9 Å². The molecule has 0 bridgehead atoms. The van der Waals surface area contributed by atoms with Gasteiger partial charge in [0.25, 0.3) is 5.91 Å². The Labute approximate surface area is 341 Å². The smallest absolute Gasteiger partial charge is 0.408 e. The molecule has 4 amide bonds. The number of ether oxygens (including phenoxy) is 2. The number of carboxylic acid groups (broad SMARTS) is 1. The third-order valence-electron chi connectivity index (χ3n) is 12.3. The summed E-state index contributed by atoms with van der Waals surface area (Å²) in [6.45, 7) is 5.21. The molecule has 3 N–H and O–H groups in total. The molecule has 8 atom stereocenters. The molecule has 2 aromatic rings. The maximum absolute atomic E-state index is 15.0. The molecule has 0 spiro atoms. The van der Waals surface area contributed by atoms with Crippen molar-refractivity contribution >= 4 is 50.4 Å². The maximum atomic E-state index is 15.0. The highest BCUT2D eigenvalue weighted by atomic mass is 32.2. The Morgan fingerprint density at radius 1 is 1.14 bits per heavy atom. The third-order valence-corrected chi connectivity index (χ3v) is 14.5. The first-order valence-corrected chi connectivity index (χ1v) is 21.3. The highest BCUT2D eigenvalue weighted by Crippen LogP contribution is 2.48. The van der Waals surface area contributed by atoms with E-state index < -0.39 is 86.4 Å². The predicted octanol–water partition coefficient (Wildman–Crippen LogP) is 4.84. The zero-order valence-corrected chi connectivity index (χ0v) is 35.0. The van der Waals surface area contributed by atoms with Gasteiger partial charge in [-0.3, -0.25) is 24.0 Å². The Kier molecular flexibility index (Phi) is 11.9. The van der Waals surface area contributed by atoms with Crippen LogP contribution in [0.1, 0.15) is 72.6 Å². The number of halogens is 3. The number of fused-ring (bicyclic) bond motifs is 3. The number of nitrogens with zero attached hydrogens (tertiary/aromatic N) is 4. The number of alkyl halides is 3. The number of sulfonamides is 1. The Morgan fingerprint density at radius 2 is 1.83 bits per heavy atom. The summed E-state index contributed by atoms with van der Waals surface area (Å²) in [5.41, 5.74) is -1.72. The quantitative estimate of drug-likeness (QED) is 0.293. The van der Waals surface area contributed by atoms with Crippen LogP contribution in [0.15, 0.2) is 36.4 Å². The summed E-state index contributed by atoms with van der Waals surface area (Å²) in [6.07, 6.45) is -2.76. The van der Waals surface area contributed by atoms with Crippen LogP contribution in [-0.4, -0.2) is 121 Å². The van der Waals surface area contributed by atoms with Gasteiger partial charge < -0.3 is 29.7 Å². The lowest BCUT2D eigenvalue weighted by molar-refractivity contribution is -0.184. The Hall–Kier alpha value is -4.81. The van der Waals surface area contributed by atoms with Crippen LogP contribution >= 0.6 is 0 Å². The summed E-state index contributed by atoms with van der Waals surface area (Å²) in [6, 6.07) is 1.07. The van der Waals surface area contributed by atoms with Gasteiger partial charge in [-0.2, -0.15) is 18.2 Å². The third kappa shape index (κ3) is 8.75. The van der Waals surface area contributed by atoms with Gasteiger partial charge in [0.2, 0.25) is 27.7 Å². The number of pyridine rings is 1. The van der Waals surface area contributed by atoms with Crippen LogP contribution < -0.4 is 24.4 Å². The van der Waals surface area contributed by atoms with E-state index in [-0.39, 0.29) is 42.5 Å². The summed E-state index contributed by atoms with van der Waals surface area (Å²) in [5, 5.41) is 14.3. The fourth-order valence-corrected chi connectivity index (χ4v) is 9.56. The molecule has 0 unspecified atom stereocenters. The van der Waals surface area contributed by atoms with Crippen molar-refractivity contribution in [3.8, 4) is 11.6 Å². The molecule has 0 radical (unpaired) electrons. The SMILES string of the molecule is COc1ccc2c(O[C@@H]3C[C@H]4C(=O)N[C@]5(C(=O)NS(=O)(=O)C6(C)CC6)C[C@H]5/C=C\CC[C@H](C)C[C@@H](C)[C@H](N(C(=O)O)[C@H](C)C(F)(F)F)C(=O)N4C3)nc(N(C)C)cc2c1. The topological polar surface area (TPSA) is 188 Å². The summed E-state index contributed by atoms with van der Waals surface area (Å²) in [5.74, 6) is -3.39. The molecule has 324 valence electrons. The summed E-state index contributed by atoms with van der Waals surface area (Å²) >= 11 is 0. The van der Waals surface area contributed by atoms with Gasteiger partial charge in [-0.25, -0.2) is 13.2 Å². The maximum Gasteiger partial charge on any atom is 0.408 e.